The van der Waals surface area contributed by atoms with E-state index in [2.05, 4.69) is 39.6 Å². The minimum Gasteiger partial charge on any atom is -0.378 e. The molecule has 0 radical (unpaired) electrons. The van der Waals surface area contributed by atoms with E-state index < -0.39 is 0 Å². The lowest BCUT2D eigenvalue weighted by atomic mass is 10.2. The first kappa shape index (κ1) is 13.0. The van der Waals surface area contributed by atoms with E-state index in [0.717, 1.165) is 38.5 Å². The SMILES string of the molecule is Cn1nccc1CNc1ccccc1N1CCOCC1. The Morgan fingerprint density at radius 1 is 1.20 bits per heavy atom. The van der Waals surface area contributed by atoms with Crippen LogP contribution in [0, 0.1) is 0 Å². The van der Waals surface area contributed by atoms with Gasteiger partial charge in [-0.3, -0.25) is 4.68 Å². The van der Waals surface area contributed by atoms with Crippen molar-refractivity contribution in [3.8, 4) is 0 Å². The van der Waals surface area contributed by atoms with E-state index in [4.69, 9.17) is 4.74 Å². The second kappa shape index (κ2) is 5.96. The number of aromatic nitrogens is 2. The molecule has 1 fully saturated rings. The number of hydrogen-bond acceptors (Lipinski definition) is 4. The average molecular weight is 272 g/mol. The zero-order valence-corrected chi connectivity index (χ0v) is 11.7. The zero-order valence-electron chi connectivity index (χ0n) is 11.7. The lowest BCUT2D eigenvalue weighted by Gasteiger charge is -2.30. The Kier molecular flexibility index (Phi) is 3.87. The Labute approximate surface area is 119 Å². The van der Waals surface area contributed by atoms with Crippen LogP contribution in [0.2, 0.25) is 0 Å². The smallest absolute Gasteiger partial charge is 0.0642 e. The monoisotopic (exact) mass is 272 g/mol. The van der Waals surface area contributed by atoms with Crippen molar-refractivity contribution in [2.24, 2.45) is 7.05 Å². The van der Waals surface area contributed by atoms with Crippen LogP contribution in [0.5, 0.6) is 0 Å². The molecule has 106 valence electrons. The van der Waals surface area contributed by atoms with Gasteiger partial charge < -0.3 is 15.0 Å². The topological polar surface area (TPSA) is 42.3 Å². The molecule has 1 aromatic heterocycles. The summed E-state index contributed by atoms with van der Waals surface area (Å²) >= 11 is 0. The van der Waals surface area contributed by atoms with Gasteiger partial charge in [0, 0.05) is 26.3 Å². The van der Waals surface area contributed by atoms with Crippen molar-refractivity contribution < 1.29 is 4.74 Å². The van der Waals surface area contributed by atoms with Gasteiger partial charge in [0.1, 0.15) is 0 Å². The molecule has 0 bridgehead atoms. The van der Waals surface area contributed by atoms with Crippen molar-refractivity contribution >= 4 is 11.4 Å². The highest BCUT2D eigenvalue weighted by molar-refractivity contribution is 5.70. The molecule has 3 rings (SSSR count). The number of anilines is 2. The summed E-state index contributed by atoms with van der Waals surface area (Å²) < 4.78 is 7.32. The van der Waals surface area contributed by atoms with Crippen LogP contribution >= 0.6 is 0 Å². The van der Waals surface area contributed by atoms with E-state index in [1.807, 2.05) is 24.0 Å². The second-order valence-electron chi connectivity index (χ2n) is 4.92. The summed E-state index contributed by atoms with van der Waals surface area (Å²) in [4.78, 5) is 2.37. The average Bonchev–Trinajstić information content (AvgIpc) is 2.92. The molecule has 1 N–H and O–H groups in total. The summed E-state index contributed by atoms with van der Waals surface area (Å²) in [7, 11) is 1.96. The van der Waals surface area contributed by atoms with Gasteiger partial charge in [-0.15, -0.1) is 0 Å². The molecule has 1 aliphatic rings. The largest absolute Gasteiger partial charge is 0.378 e. The van der Waals surface area contributed by atoms with Crippen LogP contribution in [0.3, 0.4) is 0 Å². The molecular weight excluding hydrogens is 252 g/mol. The maximum absolute atomic E-state index is 5.42. The van der Waals surface area contributed by atoms with Crippen LogP contribution in [0.15, 0.2) is 36.5 Å². The molecule has 0 unspecified atom stereocenters. The number of para-hydroxylation sites is 2. The van der Waals surface area contributed by atoms with Gasteiger partial charge in [0.15, 0.2) is 0 Å². The minimum absolute atomic E-state index is 0.776. The van der Waals surface area contributed by atoms with E-state index >= 15 is 0 Å². The van der Waals surface area contributed by atoms with Crippen LogP contribution in [0.1, 0.15) is 5.69 Å². The lowest BCUT2D eigenvalue weighted by molar-refractivity contribution is 0.123. The van der Waals surface area contributed by atoms with E-state index in [0.29, 0.717) is 0 Å². The first-order valence-corrected chi connectivity index (χ1v) is 6.97. The molecule has 1 saturated heterocycles. The van der Waals surface area contributed by atoms with Crippen LogP contribution in [-0.4, -0.2) is 36.1 Å². The van der Waals surface area contributed by atoms with Crippen molar-refractivity contribution in [3.05, 3.63) is 42.2 Å². The van der Waals surface area contributed by atoms with Crippen LogP contribution in [0.25, 0.3) is 0 Å². The van der Waals surface area contributed by atoms with E-state index in [1.165, 1.54) is 11.4 Å². The Balaban J connectivity index is 1.74. The number of hydrogen-bond donors (Lipinski definition) is 1. The molecule has 1 aromatic carbocycles. The Morgan fingerprint density at radius 2 is 2.00 bits per heavy atom. The van der Waals surface area contributed by atoms with Gasteiger partial charge in [0.2, 0.25) is 0 Å². The molecule has 2 aromatic rings. The molecular formula is C15H20N4O. The number of ether oxygens (including phenoxy) is 1. The normalized spacial score (nSPS) is 15.3. The van der Waals surface area contributed by atoms with Gasteiger partial charge in [-0.25, -0.2) is 0 Å². The van der Waals surface area contributed by atoms with Crippen molar-refractivity contribution in [1.29, 1.82) is 0 Å². The van der Waals surface area contributed by atoms with Gasteiger partial charge in [0.05, 0.1) is 36.8 Å². The highest BCUT2D eigenvalue weighted by Gasteiger charge is 2.14. The standard InChI is InChI=1S/C15H20N4O/c1-18-13(6-7-17-18)12-16-14-4-2-3-5-15(14)19-8-10-20-11-9-19/h2-7,16H,8-12H2,1H3. The van der Waals surface area contributed by atoms with Crippen molar-refractivity contribution in [1.82, 2.24) is 9.78 Å². The first-order chi connectivity index (χ1) is 9.84. The number of aryl methyl sites for hydroxylation is 1. The summed E-state index contributed by atoms with van der Waals surface area (Å²) in [5.41, 5.74) is 3.58. The molecule has 20 heavy (non-hydrogen) atoms. The van der Waals surface area contributed by atoms with Gasteiger partial charge in [0.25, 0.3) is 0 Å². The predicted octanol–water partition coefficient (Wildman–Crippen LogP) is 1.87. The van der Waals surface area contributed by atoms with Crippen LogP contribution in [-0.2, 0) is 18.3 Å². The molecule has 2 heterocycles. The van der Waals surface area contributed by atoms with Crippen molar-refractivity contribution in [2.75, 3.05) is 36.5 Å². The Morgan fingerprint density at radius 3 is 2.75 bits per heavy atom. The van der Waals surface area contributed by atoms with Gasteiger partial charge >= 0.3 is 0 Å². The molecule has 5 heteroatoms. The van der Waals surface area contributed by atoms with E-state index in [-0.39, 0.29) is 0 Å². The number of nitrogens with zero attached hydrogens (tertiary/aromatic N) is 3. The van der Waals surface area contributed by atoms with Gasteiger partial charge in [-0.2, -0.15) is 5.10 Å². The minimum atomic E-state index is 0.776. The number of rotatable bonds is 4. The van der Waals surface area contributed by atoms with Crippen molar-refractivity contribution in [3.63, 3.8) is 0 Å². The molecule has 0 saturated carbocycles. The zero-order chi connectivity index (χ0) is 13.8. The summed E-state index contributed by atoms with van der Waals surface area (Å²) in [5.74, 6) is 0. The fraction of sp³-hybridized carbons (Fsp3) is 0.400. The van der Waals surface area contributed by atoms with Crippen molar-refractivity contribution in [2.45, 2.75) is 6.54 Å². The maximum Gasteiger partial charge on any atom is 0.0642 e. The summed E-state index contributed by atoms with van der Waals surface area (Å²) in [6.07, 6.45) is 1.82. The third-order valence-corrected chi connectivity index (χ3v) is 3.64. The predicted molar refractivity (Wildman–Crippen MR) is 80.0 cm³/mol. The highest BCUT2D eigenvalue weighted by atomic mass is 16.5. The van der Waals surface area contributed by atoms with Gasteiger partial charge in [-0.1, -0.05) is 12.1 Å². The third kappa shape index (κ3) is 2.77. The van der Waals surface area contributed by atoms with Crippen LogP contribution < -0.4 is 10.2 Å². The molecule has 0 amide bonds. The van der Waals surface area contributed by atoms with Gasteiger partial charge in [-0.05, 0) is 18.2 Å². The summed E-state index contributed by atoms with van der Waals surface area (Å²) in [6.45, 7) is 4.28. The van der Waals surface area contributed by atoms with E-state index in [1.54, 1.807) is 0 Å². The quantitative estimate of drug-likeness (QED) is 0.922. The first-order valence-electron chi connectivity index (χ1n) is 6.97. The third-order valence-electron chi connectivity index (χ3n) is 3.64. The fourth-order valence-electron chi connectivity index (χ4n) is 2.46. The molecule has 0 spiro atoms. The summed E-state index contributed by atoms with van der Waals surface area (Å²) in [5, 5.41) is 7.70. The lowest BCUT2D eigenvalue weighted by Crippen LogP contribution is -2.36. The van der Waals surface area contributed by atoms with Crippen LogP contribution in [0.4, 0.5) is 11.4 Å². The molecule has 5 nitrogen and oxygen atoms in total. The maximum atomic E-state index is 5.42. The van der Waals surface area contributed by atoms with E-state index in [9.17, 15) is 0 Å². The Bertz CT molecular complexity index is 561. The fourth-order valence-corrected chi connectivity index (χ4v) is 2.46. The number of nitrogens with one attached hydrogen (secondary N) is 1. The number of benzene rings is 1. The summed E-state index contributed by atoms with van der Waals surface area (Å²) in [6, 6.07) is 10.5. The number of morpholine rings is 1. The Hall–Kier alpha value is -2.01. The second-order valence-corrected chi connectivity index (χ2v) is 4.92. The molecule has 1 aliphatic heterocycles. The highest BCUT2D eigenvalue weighted by Crippen LogP contribution is 2.26. The molecule has 0 atom stereocenters. The molecule has 0 aliphatic carbocycles.